The third-order valence-electron chi connectivity index (χ3n) is 4.47. The van der Waals surface area contributed by atoms with Gasteiger partial charge in [0.1, 0.15) is 5.75 Å². The quantitative estimate of drug-likeness (QED) is 0.258. The molecule has 1 aromatic rings. The number of alkyl halides is 6. The highest BCUT2D eigenvalue weighted by Crippen LogP contribution is 2.40. The third-order valence-corrected chi connectivity index (χ3v) is 5.45. The Labute approximate surface area is 157 Å². The van der Waals surface area contributed by atoms with Crippen LogP contribution < -0.4 is 15.4 Å². The summed E-state index contributed by atoms with van der Waals surface area (Å²) in [5.41, 5.74) is -5.24. The van der Waals surface area contributed by atoms with Crippen LogP contribution in [0.3, 0.4) is 0 Å². The fourth-order valence-corrected chi connectivity index (χ4v) is 2.77. The first-order valence-electron chi connectivity index (χ1n) is 7.65. The summed E-state index contributed by atoms with van der Waals surface area (Å²) in [6, 6.07) is 0.624. The van der Waals surface area contributed by atoms with E-state index in [0.717, 1.165) is 0 Å². The Morgan fingerprint density at radius 1 is 1.00 bits per heavy atom. The predicted molar refractivity (Wildman–Crippen MR) is 87.2 cm³/mol. The molecule has 0 aliphatic carbocycles. The minimum absolute atomic E-state index is 0.0972. The minimum Gasteiger partial charge on any atom is -0.399 e. The van der Waals surface area contributed by atoms with Gasteiger partial charge in [0, 0.05) is 17.2 Å². The monoisotopic (exact) mass is 435 g/mol. The van der Waals surface area contributed by atoms with E-state index in [1.165, 1.54) is 0 Å². The van der Waals surface area contributed by atoms with Crippen molar-refractivity contribution in [2.45, 2.75) is 50.6 Å². The summed E-state index contributed by atoms with van der Waals surface area (Å²) in [5, 5.41) is 0. The van der Waals surface area contributed by atoms with Crippen molar-refractivity contribution in [1.29, 1.82) is 0 Å². The molecule has 2 rings (SSSR count). The molecule has 0 atom stereocenters. The van der Waals surface area contributed by atoms with Gasteiger partial charge in [0.15, 0.2) is 0 Å². The molecule has 1 fully saturated rings. The maximum absolute atomic E-state index is 13.5. The van der Waals surface area contributed by atoms with Crippen molar-refractivity contribution >= 4 is 28.4 Å². The van der Waals surface area contributed by atoms with Crippen LogP contribution in [0.5, 0.6) is 5.75 Å². The summed E-state index contributed by atoms with van der Waals surface area (Å²) in [6.07, 6.45) is -5.12. The van der Waals surface area contributed by atoms with E-state index >= 15 is 0 Å². The van der Waals surface area contributed by atoms with E-state index in [-0.39, 0.29) is 6.07 Å². The molecule has 1 aliphatic heterocycles. The Morgan fingerprint density at radius 2 is 1.46 bits per heavy atom. The highest BCUT2D eigenvalue weighted by molar-refractivity contribution is 7.88. The Balaban J connectivity index is 2.58. The lowest BCUT2D eigenvalue weighted by molar-refractivity contribution is -0.136. The van der Waals surface area contributed by atoms with Crippen LogP contribution in [0.4, 0.5) is 32.0 Å². The van der Waals surface area contributed by atoms with Crippen molar-refractivity contribution in [3.63, 3.8) is 0 Å². The lowest BCUT2D eigenvalue weighted by Gasteiger charge is -2.32. The third kappa shape index (κ3) is 4.03. The predicted octanol–water partition coefficient (Wildman–Crippen LogP) is 2.82. The molecule has 0 amide bonds. The average Bonchev–Trinajstić information content (AvgIpc) is 2.63. The number of rotatable bonds is 3. The molecular weight excluding hydrogens is 419 g/mol. The van der Waals surface area contributed by atoms with E-state index in [4.69, 9.17) is 15.0 Å². The van der Waals surface area contributed by atoms with E-state index < -0.39 is 62.6 Å². The number of halogens is 6. The standard InChI is InChI=1S/C14H16BF6NO5S/c1-11(2)12(3,4)27-15(26-11)10-8(13(16,17)18)5-7(6-9(10)22)25-28(23,24)14(19,20)21/h5-6H,22H2,1-4H3. The molecule has 0 radical (unpaired) electrons. The van der Waals surface area contributed by atoms with Gasteiger partial charge in [0.05, 0.1) is 16.8 Å². The first-order valence-corrected chi connectivity index (χ1v) is 9.06. The van der Waals surface area contributed by atoms with E-state index in [2.05, 4.69) is 4.18 Å². The Bertz CT molecular complexity index is 865. The maximum atomic E-state index is 13.5. The molecule has 6 nitrogen and oxygen atoms in total. The summed E-state index contributed by atoms with van der Waals surface area (Å²) in [5.74, 6) is -1.25. The fourth-order valence-electron chi connectivity index (χ4n) is 2.33. The number of nitrogen functional groups attached to an aromatic ring is 1. The van der Waals surface area contributed by atoms with Gasteiger partial charge in [-0.3, -0.25) is 0 Å². The van der Waals surface area contributed by atoms with Crippen molar-refractivity contribution in [2.75, 3.05) is 5.73 Å². The topological polar surface area (TPSA) is 87.9 Å². The van der Waals surface area contributed by atoms with Gasteiger partial charge < -0.3 is 19.2 Å². The first kappa shape index (κ1) is 22.6. The number of hydrogen-bond donors (Lipinski definition) is 1. The molecule has 1 aliphatic rings. The van der Waals surface area contributed by atoms with Crippen LogP contribution in [0.1, 0.15) is 33.3 Å². The van der Waals surface area contributed by atoms with Crippen molar-refractivity contribution in [1.82, 2.24) is 0 Å². The zero-order valence-corrected chi connectivity index (χ0v) is 15.8. The van der Waals surface area contributed by atoms with Crippen LogP contribution in [0.2, 0.25) is 0 Å². The summed E-state index contributed by atoms with van der Waals surface area (Å²) < 4.78 is 115. The Hall–Kier alpha value is -1.67. The number of hydrogen-bond acceptors (Lipinski definition) is 6. The van der Waals surface area contributed by atoms with Crippen molar-refractivity contribution in [2.24, 2.45) is 0 Å². The molecule has 0 unspecified atom stereocenters. The second-order valence-corrected chi connectivity index (χ2v) is 8.58. The zero-order valence-electron chi connectivity index (χ0n) is 15.0. The van der Waals surface area contributed by atoms with E-state index in [9.17, 15) is 34.8 Å². The molecule has 0 bridgehead atoms. The first-order chi connectivity index (χ1) is 12.3. The van der Waals surface area contributed by atoms with Crippen molar-refractivity contribution in [3.8, 4) is 5.75 Å². The highest BCUT2D eigenvalue weighted by Gasteiger charge is 2.55. The molecular formula is C14H16BF6NO5S. The second-order valence-electron chi connectivity index (χ2n) is 7.04. The van der Waals surface area contributed by atoms with Crippen molar-refractivity contribution < 1.29 is 48.3 Å². The molecule has 0 saturated carbocycles. The average molecular weight is 435 g/mol. The number of nitrogens with two attached hydrogens (primary N) is 1. The molecule has 1 saturated heterocycles. The molecule has 0 spiro atoms. The molecule has 1 heterocycles. The smallest absolute Gasteiger partial charge is 0.399 e. The van der Waals surface area contributed by atoms with Crippen LogP contribution in [0.15, 0.2) is 12.1 Å². The van der Waals surface area contributed by atoms with Gasteiger partial charge in [0.25, 0.3) is 0 Å². The molecule has 0 aromatic heterocycles. The van der Waals surface area contributed by atoms with Gasteiger partial charge >= 0.3 is 28.9 Å². The van der Waals surface area contributed by atoms with Gasteiger partial charge in [-0.05, 0) is 33.8 Å². The fraction of sp³-hybridized carbons (Fsp3) is 0.571. The highest BCUT2D eigenvalue weighted by atomic mass is 32.2. The van der Waals surface area contributed by atoms with Gasteiger partial charge in [-0.1, -0.05) is 0 Å². The summed E-state index contributed by atoms with van der Waals surface area (Å²) in [4.78, 5) is 0. The Morgan fingerprint density at radius 3 is 1.86 bits per heavy atom. The second kappa shape index (κ2) is 6.42. The number of anilines is 1. The lowest BCUT2D eigenvalue weighted by atomic mass is 9.74. The largest absolute Gasteiger partial charge is 0.534 e. The summed E-state index contributed by atoms with van der Waals surface area (Å²) in [7, 11) is -7.77. The molecule has 28 heavy (non-hydrogen) atoms. The zero-order chi connectivity index (χ0) is 21.9. The van der Waals surface area contributed by atoms with Gasteiger partial charge in [0.2, 0.25) is 0 Å². The molecule has 2 N–H and O–H groups in total. The minimum atomic E-state index is -6.18. The van der Waals surface area contributed by atoms with Crippen LogP contribution >= 0.6 is 0 Å². The van der Waals surface area contributed by atoms with E-state index in [1.807, 2.05) is 0 Å². The van der Waals surface area contributed by atoms with E-state index in [0.29, 0.717) is 6.07 Å². The molecule has 1 aromatic carbocycles. The molecule has 14 heteroatoms. The molecule has 158 valence electrons. The van der Waals surface area contributed by atoms with E-state index in [1.54, 1.807) is 27.7 Å². The Kier molecular flexibility index (Phi) is 5.19. The van der Waals surface area contributed by atoms with Gasteiger partial charge in [-0.25, -0.2) is 0 Å². The van der Waals surface area contributed by atoms with Crippen molar-refractivity contribution in [3.05, 3.63) is 17.7 Å². The van der Waals surface area contributed by atoms with Crippen LogP contribution in [0, 0.1) is 0 Å². The number of benzene rings is 1. The lowest BCUT2D eigenvalue weighted by Crippen LogP contribution is -2.41. The summed E-state index contributed by atoms with van der Waals surface area (Å²) >= 11 is 0. The summed E-state index contributed by atoms with van der Waals surface area (Å²) in [6.45, 7) is 6.29. The normalized spacial score (nSPS) is 19.7. The van der Waals surface area contributed by atoms with Crippen LogP contribution in [-0.2, 0) is 25.6 Å². The van der Waals surface area contributed by atoms with Gasteiger partial charge in [-0.15, -0.1) is 0 Å². The van der Waals surface area contributed by atoms with Crippen LogP contribution in [-0.4, -0.2) is 32.2 Å². The SMILES string of the molecule is CC1(C)OB(c2c(N)cc(OS(=O)(=O)C(F)(F)F)cc2C(F)(F)F)OC1(C)C. The maximum Gasteiger partial charge on any atom is 0.534 e. The van der Waals surface area contributed by atoms with Crippen LogP contribution in [0.25, 0.3) is 0 Å². The van der Waals surface area contributed by atoms with Gasteiger partial charge in [-0.2, -0.15) is 34.8 Å².